The molecule has 0 bridgehead atoms. The molecule has 0 spiro atoms. The monoisotopic (exact) mass is 297 g/mol. The van der Waals surface area contributed by atoms with Crippen molar-refractivity contribution in [2.45, 2.75) is 31.8 Å². The van der Waals surface area contributed by atoms with Crippen LogP contribution < -0.4 is 5.73 Å². The van der Waals surface area contributed by atoms with Crippen molar-refractivity contribution in [2.24, 2.45) is 17.6 Å². The van der Waals surface area contributed by atoms with E-state index in [9.17, 15) is 4.79 Å². The Morgan fingerprint density at radius 3 is 2.91 bits per heavy atom. The molecule has 1 aromatic heterocycles. The number of aromatic nitrogens is 1. The summed E-state index contributed by atoms with van der Waals surface area (Å²) in [6, 6.07) is 10.7. The van der Waals surface area contributed by atoms with Crippen molar-refractivity contribution < 1.29 is 4.79 Å². The molecule has 2 aromatic rings. The average molecular weight is 297 g/mol. The van der Waals surface area contributed by atoms with E-state index >= 15 is 0 Å². The van der Waals surface area contributed by atoms with Crippen molar-refractivity contribution in [1.82, 2.24) is 9.47 Å². The standard InChI is InChI=1S/C18H23N3O/c19-16-6-5-14-11-21(12-15(14)16)18(22)8-10-20-9-7-13-3-1-2-4-17(13)20/h1-4,7,9,14-16H,5-6,8,10-12,19H2. The summed E-state index contributed by atoms with van der Waals surface area (Å²) in [4.78, 5) is 14.5. The molecule has 4 heteroatoms. The summed E-state index contributed by atoms with van der Waals surface area (Å²) in [6.07, 6.45) is 4.98. The molecule has 1 aromatic carbocycles. The number of hydrogen-bond acceptors (Lipinski definition) is 2. The summed E-state index contributed by atoms with van der Waals surface area (Å²) in [5, 5.41) is 1.23. The largest absolute Gasteiger partial charge is 0.347 e. The van der Waals surface area contributed by atoms with Crippen LogP contribution in [0.5, 0.6) is 0 Å². The van der Waals surface area contributed by atoms with Crippen molar-refractivity contribution >= 4 is 16.8 Å². The molecule has 22 heavy (non-hydrogen) atoms. The van der Waals surface area contributed by atoms with Crippen LogP contribution in [0, 0.1) is 11.8 Å². The van der Waals surface area contributed by atoms with Crippen molar-refractivity contribution in [3.05, 3.63) is 36.5 Å². The molecule has 2 aliphatic rings. The van der Waals surface area contributed by atoms with Gasteiger partial charge in [-0.15, -0.1) is 0 Å². The molecule has 2 N–H and O–H groups in total. The van der Waals surface area contributed by atoms with Gasteiger partial charge in [0.25, 0.3) is 0 Å². The highest BCUT2D eigenvalue weighted by Crippen LogP contribution is 2.37. The maximum atomic E-state index is 12.5. The van der Waals surface area contributed by atoms with E-state index in [-0.39, 0.29) is 5.91 Å². The van der Waals surface area contributed by atoms with Gasteiger partial charge >= 0.3 is 0 Å². The molecule has 3 atom stereocenters. The Hall–Kier alpha value is -1.81. The van der Waals surface area contributed by atoms with Gasteiger partial charge in [-0.05, 0) is 42.2 Å². The van der Waals surface area contributed by atoms with E-state index in [4.69, 9.17) is 5.73 Å². The molecule has 1 aliphatic heterocycles. The maximum absolute atomic E-state index is 12.5. The number of rotatable bonds is 3. The van der Waals surface area contributed by atoms with E-state index in [1.165, 1.54) is 17.3 Å². The van der Waals surface area contributed by atoms with Gasteiger partial charge in [-0.1, -0.05) is 18.2 Å². The SMILES string of the molecule is NC1CCC2CN(C(=O)CCn3ccc4ccccc43)CC12. The molecular weight excluding hydrogens is 274 g/mol. The summed E-state index contributed by atoms with van der Waals surface area (Å²) in [7, 11) is 0. The molecular formula is C18H23N3O. The second-order valence-electron chi connectivity index (χ2n) is 6.78. The smallest absolute Gasteiger partial charge is 0.224 e. The zero-order chi connectivity index (χ0) is 15.1. The maximum Gasteiger partial charge on any atom is 0.224 e. The van der Waals surface area contributed by atoms with E-state index < -0.39 is 0 Å². The number of carbonyl (C=O) groups is 1. The van der Waals surface area contributed by atoms with Gasteiger partial charge in [0.2, 0.25) is 5.91 Å². The first kappa shape index (κ1) is 13.8. The number of amides is 1. The number of benzene rings is 1. The van der Waals surface area contributed by atoms with E-state index in [0.29, 0.717) is 24.3 Å². The molecule has 116 valence electrons. The van der Waals surface area contributed by atoms with Crippen molar-refractivity contribution in [3.8, 4) is 0 Å². The molecule has 1 saturated heterocycles. The Labute approximate surface area is 130 Å². The third-order valence-corrected chi connectivity index (χ3v) is 5.51. The number of aryl methyl sites for hydroxylation is 1. The molecule has 2 fully saturated rings. The number of fused-ring (bicyclic) bond motifs is 2. The number of likely N-dealkylation sites (tertiary alicyclic amines) is 1. The zero-order valence-corrected chi connectivity index (χ0v) is 12.8. The highest BCUT2D eigenvalue weighted by atomic mass is 16.2. The Morgan fingerprint density at radius 1 is 1.18 bits per heavy atom. The lowest BCUT2D eigenvalue weighted by Gasteiger charge is -2.19. The minimum absolute atomic E-state index is 0.277. The van der Waals surface area contributed by atoms with Crippen LogP contribution in [0.15, 0.2) is 36.5 Å². The minimum atomic E-state index is 0.277. The van der Waals surface area contributed by atoms with Crippen LogP contribution >= 0.6 is 0 Å². The number of nitrogens with two attached hydrogens (primary N) is 1. The Balaban J connectivity index is 1.39. The summed E-state index contributed by atoms with van der Waals surface area (Å²) in [6.45, 7) is 2.55. The Bertz CT molecular complexity index is 692. The fourth-order valence-corrected chi connectivity index (χ4v) is 4.22. The third kappa shape index (κ3) is 2.31. The van der Waals surface area contributed by atoms with Crippen molar-refractivity contribution in [3.63, 3.8) is 0 Å². The Kier molecular flexibility index (Phi) is 3.41. The third-order valence-electron chi connectivity index (χ3n) is 5.51. The molecule has 1 aliphatic carbocycles. The van der Waals surface area contributed by atoms with Gasteiger partial charge in [-0.3, -0.25) is 4.79 Å². The van der Waals surface area contributed by atoms with E-state index in [1.54, 1.807) is 0 Å². The summed E-state index contributed by atoms with van der Waals surface area (Å²) >= 11 is 0. The molecule has 0 radical (unpaired) electrons. The Morgan fingerprint density at radius 2 is 2.05 bits per heavy atom. The lowest BCUT2D eigenvalue weighted by atomic mass is 9.98. The quantitative estimate of drug-likeness (QED) is 0.944. The van der Waals surface area contributed by atoms with Crippen LogP contribution in [0.4, 0.5) is 0 Å². The first-order valence-corrected chi connectivity index (χ1v) is 8.29. The average Bonchev–Trinajstić information content (AvgIpc) is 3.21. The second kappa shape index (κ2) is 5.43. The summed E-state index contributed by atoms with van der Waals surface area (Å²) < 4.78 is 2.18. The first-order valence-electron chi connectivity index (χ1n) is 8.29. The molecule has 4 nitrogen and oxygen atoms in total. The van der Waals surface area contributed by atoms with Crippen LogP contribution in [0.3, 0.4) is 0 Å². The van der Waals surface area contributed by atoms with Gasteiger partial charge in [0.05, 0.1) is 0 Å². The van der Waals surface area contributed by atoms with Gasteiger partial charge in [0.1, 0.15) is 0 Å². The van der Waals surface area contributed by atoms with E-state index in [0.717, 1.165) is 26.1 Å². The van der Waals surface area contributed by atoms with Gasteiger partial charge in [0, 0.05) is 43.8 Å². The number of carbonyl (C=O) groups excluding carboxylic acids is 1. The lowest BCUT2D eigenvalue weighted by Crippen LogP contribution is -2.33. The molecule has 1 saturated carbocycles. The predicted octanol–water partition coefficient (Wildman–Crippen LogP) is 2.23. The predicted molar refractivity (Wildman–Crippen MR) is 87.3 cm³/mol. The summed E-state index contributed by atoms with van der Waals surface area (Å²) in [5.74, 6) is 1.46. The molecule has 1 amide bonds. The highest BCUT2D eigenvalue weighted by Gasteiger charge is 2.42. The number of para-hydroxylation sites is 1. The van der Waals surface area contributed by atoms with E-state index in [1.807, 2.05) is 17.0 Å². The van der Waals surface area contributed by atoms with Crippen LogP contribution in [-0.2, 0) is 11.3 Å². The topological polar surface area (TPSA) is 51.3 Å². The number of nitrogens with zero attached hydrogens (tertiary/aromatic N) is 2. The zero-order valence-electron chi connectivity index (χ0n) is 12.8. The normalized spacial score (nSPS) is 27.5. The van der Waals surface area contributed by atoms with E-state index in [2.05, 4.69) is 29.0 Å². The van der Waals surface area contributed by atoms with Crippen LogP contribution in [0.2, 0.25) is 0 Å². The van der Waals surface area contributed by atoms with Gasteiger partial charge in [-0.2, -0.15) is 0 Å². The highest BCUT2D eigenvalue weighted by molar-refractivity contribution is 5.80. The lowest BCUT2D eigenvalue weighted by molar-refractivity contribution is -0.130. The fourth-order valence-electron chi connectivity index (χ4n) is 4.22. The number of hydrogen-bond donors (Lipinski definition) is 1. The van der Waals surface area contributed by atoms with Crippen LogP contribution in [0.25, 0.3) is 10.9 Å². The fraction of sp³-hybridized carbons (Fsp3) is 0.500. The van der Waals surface area contributed by atoms with Crippen molar-refractivity contribution in [1.29, 1.82) is 0 Å². The molecule has 3 unspecified atom stereocenters. The minimum Gasteiger partial charge on any atom is -0.347 e. The van der Waals surface area contributed by atoms with Crippen LogP contribution in [-0.4, -0.2) is 34.5 Å². The summed E-state index contributed by atoms with van der Waals surface area (Å²) in [5.41, 5.74) is 7.36. The van der Waals surface area contributed by atoms with Gasteiger partial charge < -0.3 is 15.2 Å². The molecule has 4 rings (SSSR count). The first-order chi connectivity index (χ1) is 10.7. The molecule has 2 heterocycles. The van der Waals surface area contributed by atoms with Gasteiger partial charge in [0.15, 0.2) is 0 Å². The van der Waals surface area contributed by atoms with Gasteiger partial charge in [-0.25, -0.2) is 0 Å². The van der Waals surface area contributed by atoms with Crippen molar-refractivity contribution in [2.75, 3.05) is 13.1 Å². The second-order valence-corrected chi connectivity index (χ2v) is 6.78. The van der Waals surface area contributed by atoms with Crippen LogP contribution in [0.1, 0.15) is 19.3 Å².